The molecule has 0 aliphatic heterocycles. The maximum atomic E-state index is 12.9. The van der Waals surface area contributed by atoms with E-state index in [1.807, 2.05) is 0 Å². The average molecular weight is 1040 g/mol. The van der Waals surface area contributed by atoms with Crippen LogP contribution in [0.2, 0.25) is 0 Å². The lowest BCUT2D eigenvalue weighted by molar-refractivity contribution is -0.167. The van der Waals surface area contributed by atoms with Crippen molar-refractivity contribution in [2.24, 2.45) is 0 Å². The molecule has 0 aromatic rings. The zero-order chi connectivity index (χ0) is 54.3. The van der Waals surface area contributed by atoms with E-state index < -0.39 is 6.10 Å². The van der Waals surface area contributed by atoms with Crippen LogP contribution in [0.25, 0.3) is 0 Å². The van der Waals surface area contributed by atoms with E-state index in [2.05, 4.69) is 118 Å². The molecule has 75 heavy (non-hydrogen) atoms. The normalized spacial score (nSPS) is 12.7. The summed E-state index contributed by atoms with van der Waals surface area (Å²) in [5, 5.41) is 0. The molecule has 0 saturated carbocycles. The van der Waals surface area contributed by atoms with Gasteiger partial charge in [0.05, 0.1) is 0 Å². The molecule has 0 spiro atoms. The van der Waals surface area contributed by atoms with Gasteiger partial charge < -0.3 is 14.2 Å². The van der Waals surface area contributed by atoms with Crippen LogP contribution >= 0.6 is 0 Å². The second-order valence-corrected chi connectivity index (χ2v) is 20.9. The molecule has 0 aromatic carbocycles. The van der Waals surface area contributed by atoms with Crippen molar-refractivity contribution in [1.29, 1.82) is 0 Å². The van der Waals surface area contributed by atoms with Crippen LogP contribution < -0.4 is 0 Å². The molecule has 0 rings (SSSR count). The fourth-order valence-corrected chi connectivity index (χ4v) is 8.79. The van der Waals surface area contributed by atoms with Gasteiger partial charge >= 0.3 is 17.9 Å². The number of ether oxygens (including phenoxy) is 3. The summed E-state index contributed by atoms with van der Waals surface area (Å²) in [6, 6.07) is 0. The minimum Gasteiger partial charge on any atom is -0.462 e. The number of allylic oxidation sites excluding steroid dienone is 16. The molecule has 0 saturated heterocycles. The van der Waals surface area contributed by atoms with Gasteiger partial charge in [-0.2, -0.15) is 0 Å². The predicted molar refractivity (Wildman–Crippen MR) is 325 cm³/mol. The van der Waals surface area contributed by atoms with E-state index in [4.69, 9.17) is 14.2 Å². The topological polar surface area (TPSA) is 78.9 Å². The number of esters is 3. The standard InChI is InChI=1S/C69H118O6/c1-4-7-10-13-16-19-22-25-28-31-33-34-36-38-41-44-47-50-53-56-59-62-68(71)74-65-66(64-73-67(70)61-58-55-52-49-46-43-40-37-30-27-24-21-18-15-12-9-6-3)75-69(72)63-60-57-54-51-48-45-42-39-35-32-29-26-23-20-17-14-11-8-5-2/h7,10,16,18-19,21,25-30,33-34,38,41,66H,4-6,8-9,11-15,17,20,22-24,31-32,35-37,39-40,42-65H2,1-3H3/b10-7-,19-16-,21-18-,28-25-,29-26-,30-27-,34-33-,41-38-. The van der Waals surface area contributed by atoms with Gasteiger partial charge in [-0.1, -0.05) is 259 Å². The molecule has 1 unspecified atom stereocenters. The van der Waals surface area contributed by atoms with E-state index in [0.29, 0.717) is 19.3 Å². The number of carbonyl (C=O) groups is 3. The quantitative estimate of drug-likeness (QED) is 0.0261. The Balaban J connectivity index is 4.43. The Labute approximate surface area is 464 Å². The lowest BCUT2D eigenvalue weighted by Crippen LogP contribution is -2.30. The van der Waals surface area contributed by atoms with Crippen LogP contribution in [0.15, 0.2) is 97.2 Å². The first-order valence-corrected chi connectivity index (χ1v) is 31.7. The van der Waals surface area contributed by atoms with E-state index >= 15 is 0 Å². The second kappa shape index (κ2) is 62.9. The minimum absolute atomic E-state index is 0.0884. The predicted octanol–water partition coefficient (Wildman–Crippen LogP) is 21.7. The van der Waals surface area contributed by atoms with Crippen molar-refractivity contribution in [1.82, 2.24) is 0 Å². The molecule has 0 amide bonds. The van der Waals surface area contributed by atoms with Gasteiger partial charge in [0.2, 0.25) is 0 Å². The van der Waals surface area contributed by atoms with E-state index in [-0.39, 0.29) is 31.1 Å². The summed E-state index contributed by atoms with van der Waals surface area (Å²) < 4.78 is 16.9. The van der Waals surface area contributed by atoms with Crippen LogP contribution in [-0.4, -0.2) is 37.2 Å². The maximum absolute atomic E-state index is 12.9. The first kappa shape index (κ1) is 71.3. The zero-order valence-electron chi connectivity index (χ0n) is 49.3. The molecule has 0 bridgehead atoms. The second-order valence-electron chi connectivity index (χ2n) is 20.9. The van der Waals surface area contributed by atoms with E-state index in [0.717, 1.165) is 122 Å². The summed E-state index contributed by atoms with van der Waals surface area (Å²) in [4.78, 5) is 38.3. The molecule has 0 aromatic heterocycles. The van der Waals surface area contributed by atoms with Crippen LogP contribution in [0.5, 0.6) is 0 Å². The van der Waals surface area contributed by atoms with Crippen molar-refractivity contribution in [3.63, 3.8) is 0 Å². The molecule has 0 aliphatic rings. The zero-order valence-corrected chi connectivity index (χ0v) is 49.3. The molecule has 0 fully saturated rings. The van der Waals surface area contributed by atoms with Gasteiger partial charge in [0.15, 0.2) is 6.10 Å². The summed E-state index contributed by atoms with van der Waals surface area (Å²) in [5.74, 6) is -0.907. The maximum Gasteiger partial charge on any atom is 0.306 e. The summed E-state index contributed by atoms with van der Waals surface area (Å²) in [6.07, 6.45) is 84.0. The summed E-state index contributed by atoms with van der Waals surface area (Å²) >= 11 is 0. The molecular formula is C69H118O6. The van der Waals surface area contributed by atoms with Crippen LogP contribution in [0.3, 0.4) is 0 Å². The fourth-order valence-electron chi connectivity index (χ4n) is 8.79. The third-order valence-corrected chi connectivity index (χ3v) is 13.5. The van der Waals surface area contributed by atoms with Crippen LogP contribution in [0.1, 0.15) is 303 Å². The van der Waals surface area contributed by atoms with E-state index in [1.54, 1.807) is 0 Å². The lowest BCUT2D eigenvalue weighted by Gasteiger charge is -2.18. The van der Waals surface area contributed by atoms with Crippen molar-refractivity contribution in [2.75, 3.05) is 13.2 Å². The Hall–Kier alpha value is -3.67. The van der Waals surface area contributed by atoms with Gasteiger partial charge in [0.25, 0.3) is 0 Å². The first-order valence-electron chi connectivity index (χ1n) is 31.7. The molecule has 0 radical (unpaired) electrons. The van der Waals surface area contributed by atoms with Crippen molar-refractivity contribution < 1.29 is 28.6 Å². The van der Waals surface area contributed by atoms with Crippen LogP contribution in [0.4, 0.5) is 0 Å². The summed E-state index contributed by atoms with van der Waals surface area (Å²) in [6.45, 7) is 6.50. The Morgan fingerprint density at radius 2 is 0.520 bits per heavy atom. The van der Waals surface area contributed by atoms with Gasteiger partial charge in [-0.05, 0) is 122 Å². The summed E-state index contributed by atoms with van der Waals surface area (Å²) in [5.41, 5.74) is 0. The van der Waals surface area contributed by atoms with Crippen molar-refractivity contribution in [2.45, 2.75) is 309 Å². The number of unbranched alkanes of at least 4 members (excludes halogenated alkanes) is 30. The first-order chi connectivity index (χ1) is 37.0. The van der Waals surface area contributed by atoms with Gasteiger partial charge in [-0.3, -0.25) is 14.4 Å². The van der Waals surface area contributed by atoms with Crippen LogP contribution in [-0.2, 0) is 28.6 Å². The van der Waals surface area contributed by atoms with Crippen molar-refractivity contribution in [3.05, 3.63) is 97.2 Å². The molecule has 0 aliphatic carbocycles. The number of hydrogen-bond donors (Lipinski definition) is 0. The summed E-state index contributed by atoms with van der Waals surface area (Å²) in [7, 11) is 0. The fraction of sp³-hybridized carbons (Fsp3) is 0.725. The Morgan fingerprint density at radius 1 is 0.280 bits per heavy atom. The SMILES string of the molecule is CC/C=C\C/C=C\C/C=C\C/C=C\C/C=C\CCCCCCCC(=O)OCC(COC(=O)CCCCCCCCC/C=C\C/C=C\CCCCC)OC(=O)CCCCCCCCCCC/C=C\CCCCCCCC. The largest absolute Gasteiger partial charge is 0.462 e. The molecule has 1 atom stereocenters. The lowest BCUT2D eigenvalue weighted by atomic mass is 10.1. The third-order valence-electron chi connectivity index (χ3n) is 13.5. The van der Waals surface area contributed by atoms with Crippen LogP contribution in [0, 0.1) is 0 Å². The van der Waals surface area contributed by atoms with E-state index in [9.17, 15) is 14.4 Å². The van der Waals surface area contributed by atoms with E-state index in [1.165, 1.54) is 141 Å². The molecule has 0 N–H and O–H groups in total. The third kappa shape index (κ3) is 61.1. The highest BCUT2D eigenvalue weighted by Crippen LogP contribution is 2.16. The molecular weight excluding hydrogens is 925 g/mol. The Bertz CT molecular complexity index is 1480. The number of rotatable bonds is 57. The Morgan fingerprint density at radius 3 is 0.853 bits per heavy atom. The highest BCUT2D eigenvalue weighted by molar-refractivity contribution is 5.71. The Kier molecular flexibility index (Phi) is 59.8. The van der Waals surface area contributed by atoms with Gasteiger partial charge in [0, 0.05) is 19.3 Å². The monoisotopic (exact) mass is 1040 g/mol. The molecule has 6 nitrogen and oxygen atoms in total. The van der Waals surface area contributed by atoms with Gasteiger partial charge in [-0.25, -0.2) is 0 Å². The minimum atomic E-state index is -0.793. The average Bonchev–Trinajstić information content (AvgIpc) is 3.41. The van der Waals surface area contributed by atoms with Gasteiger partial charge in [0.1, 0.15) is 13.2 Å². The number of hydrogen-bond acceptors (Lipinski definition) is 6. The number of carbonyl (C=O) groups excluding carboxylic acids is 3. The smallest absolute Gasteiger partial charge is 0.306 e. The molecule has 0 heterocycles. The highest BCUT2D eigenvalue weighted by atomic mass is 16.6. The van der Waals surface area contributed by atoms with Crippen molar-refractivity contribution >= 4 is 17.9 Å². The van der Waals surface area contributed by atoms with Crippen molar-refractivity contribution in [3.8, 4) is 0 Å². The molecule has 430 valence electrons. The highest BCUT2D eigenvalue weighted by Gasteiger charge is 2.19. The van der Waals surface area contributed by atoms with Gasteiger partial charge in [-0.15, -0.1) is 0 Å². The molecule has 6 heteroatoms.